The zero-order chi connectivity index (χ0) is 37.9. The molecule has 0 atom stereocenters. The first kappa shape index (κ1) is 36.4. The molecule has 0 unspecified atom stereocenters. The van der Waals surface area contributed by atoms with Gasteiger partial charge in [-0.05, 0) is 93.4 Å². The van der Waals surface area contributed by atoms with Gasteiger partial charge in [-0.3, -0.25) is 14.7 Å². The van der Waals surface area contributed by atoms with Crippen LogP contribution in [-0.4, -0.2) is 86.5 Å². The van der Waals surface area contributed by atoms with Crippen molar-refractivity contribution < 1.29 is 27.8 Å². The molecule has 4 heterocycles. The number of amides is 2. The lowest BCUT2D eigenvalue weighted by atomic mass is 10.0. The van der Waals surface area contributed by atoms with Crippen molar-refractivity contribution in [2.24, 2.45) is 0 Å². The van der Waals surface area contributed by atoms with Crippen LogP contribution in [0.25, 0.3) is 22.3 Å². The Morgan fingerprint density at radius 2 is 1.59 bits per heavy atom. The normalized spacial score (nSPS) is 14.9. The van der Waals surface area contributed by atoms with Gasteiger partial charge in [-0.25, -0.2) is 14.8 Å². The van der Waals surface area contributed by atoms with E-state index >= 15 is 8.78 Å². The summed E-state index contributed by atoms with van der Waals surface area (Å²) in [5.41, 5.74) is 3.42. The number of rotatable bonds is 6. The number of piperazine rings is 1. The van der Waals surface area contributed by atoms with E-state index in [0.717, 1.165) is 27.7 Å². The number of hydrogen-bond acceptors (Lipinski definition) is 8. The summed E-state index contributed by atoms with van der Waals surface area (Å²) in [5.74, 6) is 6.41. The van der Waals surface area contributed by atoms with E-state index in [0.29, 0.717) is 62.6 Å². The summed E-state index contributed by atoms with van der Waals surface area (Å²) < 4.78 is 41.0. The summed E-state index contributed by atoms with van der Waals surface area (Å²) in [6.45, 7) is 9.27. The fourth-order valence-corrected chi connectivity index (χ4v) is 6.28. The number of carbonyl (C=O) groups is 2. The van der Waals surface area contributed by atoms with Crippen molar-refractivity contribution in [3.63, 3.8) is 0 Å². The van der Waals surface area contributed by atoms with Crippen LogP contribution in [0.15, 0.2) is 91.3 Å². The Bertz CT molecular complexity index is 2220. The molecule has 0 radical (unpaired) electrons. The van der Waals surface area contributed by atoms with Gasteiger partial charge in [0.1, 0.15) is 11.4 Å². The summed E-state index contributed by atoms with van der Waals surface area (Å²) in [4.78, 5) is 45.1. The number of para-hydroxylation sites is 1. The van der Waals surface area contributed by atoms with Crippen molar-refractivity contribution in [1.29, 1.82) is 0 Å². The van der Waals surface area contributed by atoms with Crippen LogP contribution in [0.3, 0.4) is 0 Å². The monoisotopic (exact) mass is 730 g/mol. The minimum Gasteiger partial charge on any atom is -0.444 e. The maximum Gasteiger partial charge on any atom is 0.426 e. The average Bonchev–Trinajstić information content (AvgIpc) is 3.17. The van der Waals surface area contributed by atoms with Gasteiger partial charge in [-0.2, -0.15) is 8.78 Å². The highest BCUT2D eigenvalue weighted by Gasteiger charge is 2.35. The first-order valence-corrected chi connectivity index (χ1v) is 17.9. The molecule has 1 fully saturated rings. The third-order valence-electron chi connectivity index (χ3n) is 9.21. The fourth-order valence-electron chi connectivity index (χ4n) is 6.28. The molecule has 12 heteroatoms. The van der Waals surface area contributed by atoms with E-state index in [9.17, 15) is 9.59 Å². The van der Waals surface area contributed by atoms with Crippen LogP contribution >= 0.6 is 0 Å². The van der Waals surface area contributed by atoms with Crippen molar-refractivity contribution >= 4 is 22.9 Å². The number of pyridine rings is 1. The predicted molar refractivity (Wildman–Crippen MR) is 200 cm³/mol. The minimum atomic E-state index is -3.63. The molecule has 0 aliphatic carbocycles. The number of halogens is 2. The van der Waals surface area contributed by atoms with E-state index in [1.54, 1.807) is 34.3 Å². The Kier molecular flexibility index (Phi) is 10.3. The van der Waals surface area contributed by atoms with Crippen LogP contribution in [0.4, 0.5) is 13.6 Å². The van der Waals surface area contributed by atoms with Crippen LogP contribution in [0.2, 0.25) is 0 Å². The van der Waals surface area contributed by atoms with Crippen LogP contribution in [-0.2, 0) is 23.8 Å². The highest BCUT2D eigenvalue weighted by Crippen LogP contribution is 2.32. The lowest BCUT2D eigenvalue weighted by molar-refractivity contribution is -0.185. The number of alkyl halides is 2. The number of nitrogens with zero attached hydrogens (tertiary/aromatic N) is 6. The number of carbonyl (C=O) groups excluding carboxylic acids is 2. The SMILES string of the molecule is CC(C)(C)OC(=O)N1CCN(CC#Cc2ccc(OC(F)(F)c3ccc(C(=O)N4CCc5cnc(-c6cnc7ccccc7c6)nc5C4)cc3)cc2)CC1. The van der Waals surface area contributed by atoms with Crippen LogP contribution in [0.1, 0.15) is 53.5 Å². The van der Waals surface area contributed by atoms with Gasteiger partial charge in [0.25, 0.3) is 5.91 Å². The van der Waals surface area contributed by atoms with Crippen molar-refractivity contribution in [3.05, 3.63) is 119 Å². The largest absolute Gasteiger partial charge is 0.444 e. The minimum absolute atomic E-state index is 0.0169. The van der Waals surface area contributed by atoms with E-state index in [1.165, 1.54) is 36.4 Å². The van der Waals surface area contributed by atoms with Gasteiger partial charge in [0.15, 0.2) is 5.82 Å². The van der Waals surface area contributed by atoms with Crippen molar-refractivity contribution in [1.82, 2.24) is 29.7 Å². The fraction of sp³-hybridized carbons (Fsp3) is 0.310. The molecule has 10 nitrogen and oxygen atoms in total. The third-order valence-corrected chi connectivity index (χ3v) is 9.21. The molecule has 2 amide bonds. The van der Waals surface area contributed by atoms with Crippen molar-refractivity contribution in [2.75, 3.05) is 39.3 Å². The number of fused-ring (bicyclic) bond motifs is 2. The molecule has 5 aromatic rings. The Balaban J connectivity index is 0.919. The molecule has 2 aliphatic rings. The highest BCUT2D eigenvalue weighted by molar-refractivity contribution is 5.94. The quantitative estimate of drug-likeness (QED) is 0.174. The van der Waals surface area contributed by atoms with Gasteiger partial charge >= 0.3 is 12.2 Å². The van der Waals surface area contributed by atoms with Gasteiger partial charge in [0.2, 0.25) is 0 Å². The lowest BCUT2D eigenvalue weighted by Gasteiger charge is -2.34. The Morgan fingerprint density at radius 1 is 0.852 bits per heavy atom. The van der Waals surface area contributed by atoms with Gasteiger partial charge in [-0.1, -0.05) is 30.0 Å². The maximum absolute atomic E-state index is 15.2. The van der Waals surface area contributed by atoms with E-state index < -0.39 is 11.7 Å². The maximum atomic E-state index is 15.2. The summed E-state index contributed by atoms with van der Waals surface area (Å²) in [5, 5.41) is 0.979. The standard InChI is InChI=1S/C42H40F2N6O4/c1-41(2,3)54-40(52)49-23-21-48(22-24-49)19-6-7-29-10-16-35(17-11-29)53-42(43,44)34-14-12-30(13-15-34)39(51)50-20-18-32-26-46-38(47-37(32)28-50)33-25-31-8-4-5-9-36(31)45-27-33/h4-5,8-17,25-27H,18-24,28H2,1-3H3. The second-order valence-corrected chi connectivity index (χ2v) is 14.3. The average molecular weight is 731 g/mol. The van der Waals surface area contributed by atoms with Crippen LogP contribution in [0.5, 0.6) is 5.75 Å². The summed E-state index contributed by atoms with van der Waals surface area (Å²) in [6.07, 6.45) is 0.179. The van der Waals surface area contributed by atoms with Gasteiger partial charge in [0.05, 0.1) is 29.9 Å². The highest BCUT2D eigenvalue weighted by atomic mass is 19.3. The number of hydrogen-bond donors (Lipinski definition) is 0. The van der Waals surface area contributed by atoms with Crippen LogP contribution in [0, 0.1) is 11.8 Å². The molecular formula is C42H40F2N6O4. The smallest absolute Gasteiger partial charge is 0.426 e. The van der Waals surface area contributed by atoms with E-state index in [1.807, 2.05) is 51.1 Å². The molecule has 0 spiro atoms. The number of benzene rings is 3. The second kappa shape index (κ2) is 15.2. The number of aromatic nitrogens is 3. The predicted octanol–water partition coefficient (Wildman–Crippen LogP) is 6.92. The van der Waals surface area contributed by atoms with Gasteiger partial charge in [0, 0.05) is 67.2 Å². The summed E-state index contributed by atoms with van der Waals surface area (Å²) >= 11 is 0. The molecule has 0 saturated carbocycles. The molecular weight excluding hydrogens is 690 g/mol. The molecule has 1 saturated heterocycles. The third kappa shape index (κ3) is 8.64. The molecule has 2 aromatic heterocycles. The number of ether oxygens (including phenoxy) is 2. The van der Waals surface area contributed by atoms with Crippen LogP contribution < -0.4 is 4.74 Å². The molecule has 54 heavy (non-hydrogen) atoms. The second-order valence-electron chi connectivity index (χ2n) is 14.3. The molecule has 276 valence electrons. The topological polar surface area (TPSA) is 101 Å². The molecule has 3 aromatic carbocycles. The first-order valence-electron chi connectivity index (χ1n) is 17.9. The first-order chi connectivity index (χ1) is 25.9. The Morgan fingerprint density at radius 3 is 2.33 bits per heavy atom. The van der Waals surface area contributed by atoms with E-state index in [4.69, 9.17) is 14.5 Å². The van der Waals surface area contributed by atoms with E-state index in [2.05, 4.69) is 26.7 Å². The molecule has 0 bridgehead atoms. The Hall–Kier alpha value is -5.93. The Labute approximate surface area is 312 Å². The van der Waals surface area contributed by atoms with Gasteiger partial charge < -0.3 is 19.3 Å². The molecule has 7 rings (SSSR count). The summed E-state index contributed by atoms with van der Waals surface area (Å²) in [7, 11) is 0. The lowest BCUT2D eigenvalue weighted by Crippen LogP contribution is -2.50. The zero-order valence-corrected chi connectivity index (χ0v) is 30.4. The van der Waals surface area contributed by atoms with Crippen molar-refractivity contribution in [2.45, 2.75) is 45.4 Å². The van der Waals surface area contributed by atoms with E-state index in [-0.39, 0.29) is 29.9 Å². The molecule has 0 N–H and O–H groups in total. The van der Waals surface area contributed by atoms with Gasteiger partial charge in [-0.15, -0.1) is 0 Å². The molecule has 2 aliphatic heterocycles. The van der Waals surface area contributed by atoms with Crippen molar-refractivity contribution in [3.8, 4) is 29.0 Å². The summed E-state index contributed by atoms with van der Waals surface area (Å²) in [6, 6.07) is 21.2. The zero-order valence-electron chi connectivity index (χ0n) is 30.4.